The molecule has 1 heterocycles. The number of carbonyl (C=O) groups is 1. The van der Waals surface area contributed by atoms with Crippen LogP contribution in [0, 0.1) is 11.6 Å². The maximum absolute atomic E-state index is 12.9. The van der Waals surface area contributed by atoms with Gasteiger partial charge in [0.15, 0.2) is 0 Å². The summed E-state index contributed by atoms with van der Waals surface area (Å²) in [6, 6.07) is 2.21. The van der Waals surface area contributed by atoms with Gasteiger partial charge < -0.3 is 11.1 Å². The molecule has 1 saturated heterocycles. The second kappa shape index (κ2) is 3.58. The Kier molecular flexibility index (Phi) is 2.40. The average molecular weight is 212 g/mol. The molecule has 0 radical (unpaired) electrons. The third-order valence-electron chi connectivity index (χ3n) is 2.41. The lowest BCUT2D eigenvalue weighted by Gasteiger charge is -2.15. The van der Waals surface area contributed by atoms with Crippen molar-refractivity contribution in [1.82, 2.24) is 5.32 Å². The normalized spacial score (nSPS) is 25.4. The van der Waals surface area contributed by atoms with Crippen LogP contribution in [-0.4, -0.2) is 11.9 Å². The lowest BCUT2D eigenvalue weighted by molar-refractivity contribution is -0.119. The zero-order valence-corrected chi connectivity index (χ0v) is 7.84. The van der Waals surface area contributed by atoms with Crippen molar-refractivity contribution in [3.63, 3.8) is 0 Å². The lowest BCUT2D eigenvalue weighted by atomic mass is 10.0. The number of hydrogen-bond acceptors (Lipinski definition) is 2. The maximum Gasteiger partial charge on any atom is 0.222 e. The molecule has 0 bridgehead atoms. The molecule has 1 unspecified atom stereocenters. The van der Waals surface area contributed by atoms with Gasteiger partial charge in [0.25, 0.3) is 0 Å². The van der Waals surface area contributed by atoms with E-state index in [0.717, 1.165) is 6.07 Å². The minimum absolute atomic E-state index is 0.183. The largest absolute Gasteiger partial charge is 0.348 e. The third-order valence-corrected chi connectivity index (χ3v) is 2.41. The second-order valence-corrected chi connectivity index (χ2v) is 3.62. The fourth-order valence-electron chi connectivity index (χ4n) is 1.76. The van der Waals surface area contributed by atoms with Crippen LogP contribution in [-0.2, 0) is 4.79 Å². The molecular weight excluding hydrogens is 202 g/mol. The Balaban J connectivity index is 2.33. The molecule has 1 amide bonds. The van der Waals surface area contributed by atoms with Crippen LogP contribution in [0.5, 0.6) is 0 Å². The van der Waals surface area contributed by atoms with Gasteiger partial charge in [0.2, 0.25) is 5.91 Å². The summed E-state index contributed by atoms with van der Waals surface area (Å²) in [5.74, 6) is -1.53. The average Bonchev–Trinajstić information content (AvgIpc) is 2.43. The van der Waals surface area contributed by atoms with Crippen LogP contribution in [0.1, 0.15) is 18.0 Å². The van der Waals surface area contributed by atoms with Crippen LogP contribution >= 0.6 is 0 Å². The van der Waals surface area contributed by atoms with Crippen molar-refractivity contribution in [3.8, 4) is 0 Å². The summed E-state index contributed by atoms with van der Waals surface area (Å²) >= 11 is 0. The molecule has 80 valence electrons. The molecular formula is C10H10F2N2O. The first-order valence-corrected chi connectivity index (χ1v) is 4.57. The Morgan fingerprint density at radius 3 is 2.33 bits per heavy atom. The van der Waals surface area contributed by atoms with Gasteiger partial charge in [-0.2, -0.15) is 0 Å². The van der Waals surface area contributed by atoms with Gasteiger partial charge in [0.1, 0.15) is 11.6 Å². The number of benzene rings is 1. The van der Waals surface area contributed by atoms with Crippen LogP contribution in [0.25, 0.3) is 0 Å². The fraction of sp³-hybridized carbons (Fsp3) is 0.300. The SMILES string of the molecule is N[C@H]1CC(=O)NC1c1cc(F)cc(F)c1. The molecule has 1 aromatic carbocycles. The summed E-state index contributed by atoms with van der Waals surface area (Å²) in [7, 11) is 0. The van der Waals surface area contributed by atoms with Crippen molar-refractivity contribution < 1.29 is 13.6 Å². The molecule has 2 atom stereocenters. The van der Waals surface area contributed by atoms with Gasteiger partial charge in [-0.25, -0.2) is 8.78 Å². The van der Waals surface area contributed by atoms with Gasteiger partial charge in [0, 0.05) is 18.5 Å². The standard InChI is InChI=1S/C10H10F2N2O/c11-6-1-5(2-7(12)3-6)10-8(13)4-9(15)14-10/h1-3,8,10H,4,13H2,(H,14,15)/t8-,10?/m0/s1. The van der Waals surface area contributed by atoms with E-state index in [0.29, 0.717) is 5.56 Å². The van der Waals surface area contributed by atoms with Crippen molar-refractivity contribution in [1.29, 1.82) is 0 Å². The highest BCUT2D eigenvalue weighted by Gasteiger charge is 2.30. The highest BCUT2D eigenvalue weighted by Crippen LogP contribution is 2.24. The summed E-state index contributed by atoms with van der Waals surface area (Å²) in [6.45, 7) is 0. The van der Waals surface area contributed by atoms with Gasteiger partial charge in [-0.3, -0.25) is 4.79 Å². The highest BCUT2D eigenvalue weighted by atomic mass is 19.1. The predicted molar refractivity (Wildman–Crippen MR) is 49.8 cm³/mol. The first-order chi connectivity index (χ1) is 7.06. The summed E-state index contributed by atoms with van der Waals surface area (Å²) in [5, 5.41) is 2.58. The molecule has 0 aromatic heterocycles. The van der Waals surface area contributed by atoms with Crippen molar-refractivity contribution in [2.75, 3.05) is 0 Å². The first-order valence-electron chi connectivity index (χ1n) is 4.57. The maximum atomic E-state index is 12.9. The van der Waals surface area contributed by atoms with Crippen LogP contribution in [0.3, 0.4) is 0 Å². The molecule has 1 aliphatic rings. The van der Waals surface area contributed by atoms with Gasteiger partial charge in [-0.1, -0.05) is 0 Å². The Morgan fingerprint density at radius 2 is 1.87 bits per heavy atom. The summed E-state index contributed by atoms with van der Waals surface area (Å²) in [6.07, 6.45) is 0.183. The number of nitrogens with one attached hydrogen (secondary N) is 1. The zero-order valence-electron chi connectivity index (χ0n) is 7.84. The molecule has 1 aromatic rings. The number of nitrogens with two attached hydrogens (primary N) is 1. The molecule has 3 nitrogen and oxygen atoms in total. The molecule has 0 aliphatic carbocycles. The Labute approximate surface area is 85.3 Å². The Hall–Kier alpha value is -1.49. The molecule has 2 rings (SSSR count). The fourth-order valence-corrected chi connectivity index (χ4v) is 1.76. The first kappa shape index (κ1) is 10.0. The van der Waals surface area contributed by atoms with E-state index in [1.54, 1.807) is 0 Å². The molecule has 5 heteroatoms. The van der Waals surface area contributed by atoms with E-state index >= 15 is 0 Å². The van der Waals surface area contributed by atoms with Crippen LogP contribution in [0.4, 0.5) is 8.78 Å². The molecule has 0 saturated carbocycles. The van der Waals surface area contributed by atoms with E-state index < -0.39 is 23.7 Å². The van der Waals surface area contributed by atoms with Crippen LogP contribution < -0.4 is 11.1 Å². The Bertz CT molecular complexity index is 388. The van der Waals surface area contributed by atoms with Crippen molar-refractivity contribution in [2.24, 2.45) is 5.73 Å². The Morgan fingerprint density at radius 1 is 1.27 bits per heavy atom. The number of halogens is 2. The van der Waals surface area contributed by atoms with Crippen LogP contribution in [0.2, 0.25) is 0 Å². The lowest BCUT2D eigenvalue weighted by Crippen LogP contribution is -2.28. The summed E-state index contributed by atoms with van der Waals surface area (Å²) in [5.41, 5.74) is 6.04. The minimum Gasteiger partial charge on any atom is -0.348 e. The molecule has 0 spiro atoms. The second-order valence-electron chi connectivity index (χ2n) is 3.62. The van der Waals surface area contributed by atoms with E-state index in [-0.39, 0.29) is 12.3 Å². The summed E-state index contributed by atoms with van der Waals surface area (Å²) < 4.78 is 25.8. The van der Waals surface area contributed by atoms with Gasteiger partial charge >= 0.3 is 0 Å². The van der Waals surface area contributed by atoms with Crippen molar-refractivity contribution in [2.45, 2.75) is 18.5 Å². The number of hydrogen-bond donors (Lipinski definition) is 2. The smallest absolute Gasteiger partial charge is 0.222 e. The quantitative estimate of drug-likeness (QED) is 0.725. The molecule has 3 N–H and O–H groups in total. The monoisotopic (exact) mass is 212 g/mol. The molecule has 1 fully saturated rings. The van der Waals surface area contributed by atoms with Crippen molar-refractivity contribution >= 4 is 5.91 Å². The van der Waals surface area contributed by atoms with E-state index in [4.69, 9.17) is 5.73 Å². The topological polar surface area (TPSA) is 55.1 Å². The van der Waals surface area contributed by atoms with E-state index in [2.05, 4.69) is 5.32 Å². The predicted octanol–water partition coefficient (Wildman–Crippen LogP) is 0.853. The zero-order chi connectivity index (χ0) is 11.0. The number of carbonyl (C=O) groups excluding carboxylic acids is 1. The third kappa shape index (κ3) is 1.97. The minimum atomic E-state index is -0.668. The van der Waals surface area contributed by atoms with Gasteiger partial charge in [0.05, 0.1) is 6.04 Å². The molecule has 1 aliphatic heterocycles. The van der Waals surface area contributed by atoms with Crippen molar-refractivity contribution in [3.05, 3.63) is 35.4 Å². The van der Waals surface area contributed by atoms with E-state index in [1.807, 2.05) is 0 Å². The molecule has 15 heavy (non-hydrogen) atoms. The number of amides is 1. The van der Waals surface area contributed by atoms with E-state index in [1.165, 1.54) is 12.1 Å². The van der Waals surface area contributed by atoms with Gasteiger partial charge in [-0.05, 0) is 17.7 Å². The van der Waals surface area contributed by atoms with Crippen LogP contribution in [0.15, 0.2) is 18.2 Å². The summed E-state index contributed by atoms with van der Waals surface area (Å²) in [4.78, 5) is 11.0. The van der Waals surface area contributed by atoms with Gasteiger partial charge in [-0.15, -0.1) is 0 Å². The van der Waals surface area contributed by atoms with E-state index in [9.17, 15) is 13.6 Å². The highest BCUT2D eigenvalue weighted by molar-refractivity contribution is 5.80. The number of rotatable bonds is 1.